The van der Waals surface area contributed by atoms with Crippen molar-refractivity contribution < 1.29 is 8.42 Å². The third kappa shape index (κ3) is 4.18. The summed E-state index contributed by atoms with van der Waals surface area (Å²) in [6.45, 7) is 3.36. The second-order valence-corrected chi connectivity index (χ2v) is 7.10. The predicted molar refractivity (Wildman–Crippen MR) is 86.6 cm³/mol. The van der Waals surface area contributed by atoms with E-state index in [0.29, 0.717) is 18.8 Å². The van der Waals surface area contributed by atoms with Crippen molar-refractivity contribution in [1.82, 2.24) is 9.62 Å². The van der Waals surface area contributed by atoms with E-state index < -0.39 is 10.2 Å². The Morgan fingerprint density at radius 1 is 1.24 bits per heavy atom. The highest BCUT2D eigenvalue weighted by atomic mass is 32.2. The van der Waals surface area contributed by atoms with Gasteiger partial charge in [-0.2, -0.15) is 12.7 Å². The maximum Gasteiger partial charge on any atom is 0.301 e. The summed E-state index contributed by atoms with van der Waals surface area (Å²) in [4.78, 5) is 0. The number of hydrogen-bond donors (Lipinski definition) is 2. The minimum absolute atomic E-state index is 0.0381. The third-order valence-electron chi connectivity index (χ3n) is 3.93. The first-order chi connectivity index (χ1) is 10.1. The van der Waals surface area contributed by atoms with Crippen LogP contribution in [-0.2, 0) is 16.6 Å². The lowest BCUT2D eigenvalue weighted by molar-refractivity contribution is 0.250. The third-order valence-corrected chi connectivity index (χ3v) is 5.52. The molecule has 1 atom stereocenters. The molecule has 5 nitrogen and oxygen atoms in total. The molecule has 0 aliphatic carbocycles. The minimum atomic E-state index is -3.48. The lowest BCUT2D eigenvalue weighted by atomic mass is 10.1. The van der Waals surface area contributed by atoms with Crippen LogP contribution in [0.3, 0.4) is 0 Å². The number of piperidine rings is 1. The van der Waals surface area contributed by atoms with Crippen LogP contribution in [0.5, 0.6) is 0 Å². The zero-order valence-electron chi connectivity index (χ0n) is 12.8. The highest BCUT2D eigenvalue weighted by Gasteiger charge is 2.31. The largest absolute Gasteiger partial charge is 0.318 e. The molecule has 0 spiro atoms. The first-order valence-electron chi connectivity index (χ1n) is 7.60. The van der Waals surface area contributed by atoms with Crippen molar-refractivity contribution in [2.24, 2.45) is 0 Å². The van der Waals surface area contributed by atoms with Gasteiger partial charge in [0.1, 0.15) is 0 Å². The van der Waals surface area contributed by atoms with Crippen LogP contribution in [0.15, 0.2) is 24.3 Å². The molecule has 1 aliphatic rings. The molecule has 2 N–H and O–H groups in total. The van der Waals surface area contributed by atoms with Crippen LogP contribution in [0.25, 0.3) is 0 Å². The van der Waals surface area contributed by atoms with E-state index >= 15 is 0 Å². The summed E-state index contributed by atoms with van der Waals surface area (Å²) < 4.78 is 29.5. The Morgan fingerprint density at radius 3 is 2.57 bits per heavy atom. The molecule has 0 radical (unpaired) electrons. The van der Waals surface area contributed by atoms with Crippen molar-refractivity contribution in [3.63, 3.8) is 0 Å². The van der Waals surface area contributed by atoms with Crippen LogP contribution in [0.2, 0.25) is 0 Å². The van der Waals surface area contributed by atoms with Gasteiger partial charge in [0.15, 0.2) is 0 Å². The lowest BCUT2D eigenvalue weighted by Crippen LogP contribution is -2.49. The zero-order chi connectivity index (χ0) is 15.3. The van der Waals surface area contributed by atoms with Crippen LogP contribution in [0, 0.1) is 0 Å². The van der Waals surface area contributed by atoms with Crippen molar-refractivity contribution >= 4 is 15.9 Å². The van der Waals surface area contributed by atoms with E-state index in [1.54, 1.807) is 4.31 Å². The van der Waals surface area contributed by atoms with Gasteiger partial charge in [-0.25, -0.2) is 0 Å². The van der Waals surface area contributed by atoms with E-state index in [9.17, 15) is 8.42 Å². The van der Waals surface area contributed by atoms with Gasteiger partial charge < -0.3 is 5.32 Å². The summed E-state index contributed by atoms with van der Waals surface area (Å²) in [5.41, 5.74) is 1.82. The Labute approximate surface area is 127 Å². The molecule has 1 saturated heterocycles. The average Bonchev–Trinajstić information content (AvgIpc) is 2.48. The van der Waals surface area contributed by atoms with Crippen molar-refractivity contribution in [2.75, 3.05) is 24.9 Å². The first kappa shape index (κ1) is 16.3. The topological polar surface area (TPSA) is 61.4 Å². The van der Waals surface area contributed by atoms with Gasteiger partial charge in [0.05, 0.1) is 0 Å². The predicted octanol–water partition coefficient (Wildman–Crippen LogP) is 1.98. The lowest BCUT2D eigenvalue weighted by Gasteiger charge is -2.34. The molecule has 0 aromatic heterocycles. The van der Waals surface area contributed by atoms with Crippen molar-refractivity contribution in [3.8, 4) is 0 Å². The Kier molecular flexibility index (Phi) is 5.61. The molecule has 1 aliphatic heterocycles. The number of hydrogen-bond acceptors (Lipinski definition) is 3. The van der Waals surface area contributed by atoms with Crippen LogP contribution in [-0.4, -0.2) is 38.9 Å². The SMILES string of the molecule is CCc1ccc(NS(=O)(=O)N2CCCCC2CNC)cc1. The number of nitrogens with zero attached hydrogens (tertiary/aromatic N) is 1. The van der Waals surface area contributed by atoms with Gasteiger partial charge in [0, 0.05) is 24.8 Å². The van der Waals surface area contributed by atoms with Crippen molar-refractivity contribution in [1.29, 1.82) is 0 Å². The molecule has 1 aromatic carbocycles. The van der Waals surface area contributed by atoms with Gasteiger partial charge in [-0.3, -0.25) is 4.72 Å². The van der Waals surface area contributed by atoms with Gasteiger partial charge in [-0.05, 0) is 44.0 Å². The summed E-state index contributed by atoms with van der Waals surface area (Å²) in [6.07, 6.45) is 3.87. The van der Waals surface area contributed by atoms with Gasteiger partial charge in [0.2, 0.25) is 0 Å². The van der Waals surface area contributed by atoms with E-state index in [1.807, 2.05) is 31.3 Å². The number of aryl methyl sites for hydroxylation is 1. The number of nitrogens with one attached hydrogen (secondary N) is 2. The summed E-state index contributed by atoms with van der Waals surface area (Å²) in [7, 11) is -1.63. The van der Waals surface area contributed by atoms with E-state index in [1.165, 1.54) is 5.56 Å². The fourth-order valence-electron chi connectivity index (χ4n) is 2.75. The molecule has 21 heavy (non-hydrogen) atoms. The molecule has 6 heteroatoms. The minimum Gasteiger partial charge on any atom is -0.318 e. The summed E-state index contributed by atoms with van der Waals surface area (Å²) in [5, 5.41) is 3.08. The Hall–Kier alpha value is -1.11. The molecule has 0 amide bonds. The van der Waals surface area contributed by atoms with Gasteiger partial charge in [-0.15, -0.1) is 0 Å². The van der Waals surface area contributed by atoms with E-state index in [4.69, 9.17) is 0 Å². The molecule has 1 heterocycles. The van der Waals surface area contributed by atoms with Crippen LogP contribution < -0.4 is 10.0 Å². The summed E-state index contributed by atoms with van der Waals surface area (Å²) in [6, 6.07) is 7.61. The number of likely N-dealkylation sites (N-methyl/N-ethyl adjacent to an activating group) is 1. The number of anilines is 1. The van der Waals surface area contributed by atoms with Crippen LogP contribution in [0.1, 0.15) is 31.7 Å². The van der Waals surface area contributed by atoms with Crippen LogP contribution in [0.4, 0.5) is 5.69 Å². The maximum atomic E-state index is 12.6. The highest BCUT2D eigenvalue weighted by Crippen LogP contribution is 2.22. The average molecular weight is 311 g/mol. The summed E-state index contributed by atoms with van der Waals surface area (Å²) >= 11 is 0. The quantitative estimate of drug-likeness (QED) is 0.844. The van der Waals surface area contributed by atoms with Gasteiger partial charge in [-0.1, -0.05) is 25.5 Å². The normalized spacial score (nSPS) is 20.4. The highest BCUT2D eigenvalue weighted by molar-refractivity contribution is 7.90. The molecule has 1 unspecified atom stereocenters. The monoisotopic (exact) mass is 311 g/mol. The number of benzene rings is 1. The Morgan fingerprint density at radius 2 is 1.95 bits per heavy atom. The van der Waals surface area contributed by atoms with Gasteiger partial charge >= 0.3 is 10.2 Å². The molecule has 2 rings (SSSR count). The van der Waals surface area contributed by atoms with E-state index in [-0.39, 0.29) is 6.04 Å². The molecule has 0 bridgehead atoms. The first-order valence-corrected chi connectivity index (χ1v) is 9.04. The fourth-order valence-corrected chi connectivity index (χ4v) is 4.24. The van der Waals surface area contributed by atoms with E-state index in [0.717, 1.165) is 25.7 Å². The zero-order valence-corrected chi connectivity index (χ0v) is 13.6. The Balaban J connectivity index is 2.11. The van der Waals surface area contributed by atoms with Crippen molar-refractivity contribution in [3.05, 3.63) is 29.8 Å². The molecule has 118 valence electrons. The smallest absolute Gasteiger partial charge is 0.301 e. The maximum absolute atomic E-state index is 12.6. The number of rotatable bonds is 6. The van der Waals surface area contributed by atoms with E-state index in [2.05, 4.69) is 17.0 Å². The Bertz CT molecular complexity index is 541. The molecular formula is C15H25N3O2S. The van der Waals surface area contributed by atoms with Gasteiger partial charge in [0.25, 0.3) is 0 Å². The molecule has 0 saturated carbocycles. The second kappa shape index (κ2) is 7.24. The summed E-state index contributed by atoms with van der Waals surface area (Å²) in [5.74, 6) is 0. The standard InChI is InChI=1S/C15H25N3O2S/c1-3-13-7-9-14(10-8-13)17-21(19,20)18-11-5-4-6-15(18)12-16-2/h7-10,15-17H,3-6,11-12H2,1-2H3. The van der Waals surface area contributed by atoms with Crippen molar-refractivity contribution in [2.45, 2.75) is 38.6 Å². The molecule has 1 aromatic rings. The fraction of sp³-hybridized carbons (Fsp3) is 0.600. The van der Waals surface area contributed by atoms with Crippen LogP contribution >= 0.6 is 0 Å². The molecular weight excluding hydrogens is 286 g/mol. The molecule has 1 fully saturated rings. The second-order valence-electron chi connectivity index (χ2n) is 5.48.